The summed E-state index contributed by atoms with van der Waals surface area (Å²) in [6.45, 7) is 1.81. The Hall–Kier alpha value is -2.93. The number of aryl methyl sites for hydroxylation is 1. The molecule has 124 valence electrons. The van der Waals surface area contributed by atoms with Crippen LogP contribution in [-0.2, 0) is 4.79 Å². The standard InChI is InChI=1S/C18H11FN2O3S/c1-9-2-10(4-12(19)3-9)14-8-20-7-11-5-13(24-16(11)14)6-15-17(22)21-18(23)25-15/h2-8H,1H3,(H,21,22,23)/b15-6+. The van der Waals surface area contributed by atoms with Crippen molar-refractivity contribution in [2.45, 2.75) is 6.92 Å². The second kappa shape index (κ2) is 5.86. The third-order valence-corrected chi connectivity index (χ3v) is 4.52. The van der Waals surface area contributed by atoms with Crippen molar-refractivity contribution in [3.8, 4) is 11.1 Å². The van der Waals surface area contributed by atoms with Gasteiger partial charge in [0.1, 0.15) is 17.2 Å². The van der Waals surface area contributed by atoms with Crippen LogP contribution in [0.4, 0.5) is 9.18 Å². The van der Waals surface area contributed by atoms with Crippen molar-refractivity contribution in [3.05, 3.63) is 58.7 Å². The van der Waals surface area contributed by atoms with Gasteiger partial charge in [-0.3, -0.25) is 19.9 Å². The van der Waals surface area contributed by atoms with Gasteiger partial charge in [0.05, 0.1) is 4.91 Å². The number of hydrogen-bond donors (Lipinski definition) is 1. The van der Waals surface area contributed by atoms with Crippen LogP contribution in [0.1, 0.15) is 11.3 Å². The number of rotatable bonds is 2. The quantitative estimate of drug-likeness (QED) is 0.696. The van der Waals surface area contributed by atoms with E-state index in [0.29, 0.717) is 22.5 Å². The number of amides is 2. The number of imide groups is 1. The monoisotopic (exact) mass is 354 g/mol. The molecule has 1 fully saturated rings. The number of furan rings is 1. The summed E-state index contributed by atoms with van der Waals surface area (Å²) in [5, 5.41) is 2.50. The lowest BCUT2D eigenvalue weighted by molar-refractivity contribution is -0.115. The van der Waals surface area contributed by atoms with E-state index in [4.69, 9.17) is 4.42 Å². The molecular weight excluding hydrogens is 343 g/mol. The van der Waals surface area contributed by atoms with Crippen LogP contribution in [0.3, 0.4) is 0 Å². The topological polar surface area (TPSA) is 72.2 Å². The van der Waals surface area contributed by atoms with Crippen molar-refractivity contribution in [3.63, 3.8) is 0 Å². The molecule has 0 saturated carbocycles. The fourth-order valence-electron chi connectivity index (χ4n) is 2.70. The Labute approximate surface area is 145 Å². The first-order valence-electron chi connectivity index (χ1n) is 7.39. The number of pyridine rings is 1. The number of halogens is 1. The largest absolute Gasteiger partial charge is 0.456 e. The number of carbonyl (C=O) groups excluding carboxylic acids is 2. The molecule has 0 radical (unpaired) electrons. The Bertz CT molecular complexity index is 1050. The maximum absolute atomic E-state index is 13.7. The van der Waals surface area contributed by atoms with Gasteiger partial charge in [0.25, 0.3) is 11.1 Å². The number of nitrogens with one attached hydrogen (secondary N) is 1. The second-order valence-corrected chi connectivity index (χ2v) is 6.64. The highest BCUT2D eigenvalue weighted by atomic mass is 32.2. The van der Waals surface area contributed by atoms with Crippen molar-refractivity contribution in [1.82, 2.24) is 10.3 Å². The van der Waals surface area contributed by atoms with Crippen LogP contribution in [0, 0.1) is 12.7 Å². The lowest BCUT2D eigenvalue weighted by Gasteiger charge is -2.04. The molecule has 0 atom stereocenters. The number of hydrogen-bond acceptors (Lipinski definition) is 5. The predicted molar refractivity (Wildman–Crippen MR) is 93.2 cm³/mol. The van der Waals surface area contributed by atoms with Crippen LogP contribution in [0.25, 0.3) is 28.2 Å². The van der Waals surface area contributed by atoms with Crippen molar-refractivity contribution in [2.24, 2.45) is 0 Å². The zero-order valence-corrected chi connectivity index (χ0v) is 13.8. The molecule has 5 nitrogen and oxygen atoms in total. The van der Waals surface area contributed by atoms with Crippen LogP contribution < -0.4 is 5.32 Å². The Morgan fingerprint density at radius 1 is 1.20 bits per heavy atom. The molecule has 1 aliphatic heterocycles. The first kappa shape index (κ1) is 15.6. The van der Waals surface area contributed by atoms with Crippen LogP contribution in [-0.4, -0.2) is 16.1 Å². The van der Waals surface area contributed by atoms with E-state index >= 15 is 0 Å². The van der Waals surface area contributed by atoms with Crippen molar-refractivity contribution in [1.29, 1.82) is 0 Å². The molecule has 1 N–H and O–H groups in total. The summed E-state index contributed by atoms with van der Waals surface area (Å²) in [5.74, 6) is -0.363. The molecule has 0 unspecified atom stereocenters. The van der Waals surface area contributed by atoms with Gasteiger partial charge in [-0.2, -0.15) is 0 Å². The molecule has 0 aliphatic carbocycles. The fraction of sp³-hybridized carbons (Fsp3) is 0.0556. The molecule has 2 amide bonds. The minimum Gasteiger partial charge on any atom is -0.456 e. The molecular formula is C18H11FN2O3S. The molecule has 1 aliphatic rings. The zero-order valence-electron chi connectivity index (χ0n) is 13.0. The number of thioether (sulfide) groups is 1. The van der Waals surface area contributed by atoms with E-state index < -0.39 is 11.1 Å². The minimum absolute atomic E-state index is 0.264. The lowest BCUT2D eigenvalue weighted by atomic mass is 10.0. The molecule has 0 spiro atoms. The normalized spacial score (nSPS) is 16.0. The van der Waals surface area contributed by atoms with E-state index in [0.717, 1.165) is 22.7 Å². The van der Waals surface area contributed by atoms with Gasteiger partial charge in [-0.1, -0.05) is 6.07 Å². The third-order valence-electron chi connectivity index (χ3n) is 3.71. The van der Waals surface area contributed by atoms with Crippen LogP contribution in [0.15, 0.2) is 46.0 Å². The number of nitrogens with zero attached hydrogens (tertiary/aromatic N) is 1. The summed E-state index contributed by atoms with van der Waals surface area (Å²) in [6.07, 6.45) is 4.74. The van der Waals surface area contributed by atoms with Crippen LogP contribution in [0.2, 0.25) is 0 Å². The van der Waals surface area contributed by atoms with Gasteiger partial charge in [0, 0.05) is 29.4 Å². The van der Waals surface area contributed by atoms with Gasteiger partial charge >= 0.3 is 0 Å². The molecule has 3 heterocycles. The SMILES string of the molecule is Cc1cc(F)cc(-c2cncc3cc(/C=C4/SC(=O)NC4=O)oc23)c1. The maximum atomic E-state index is 13.7. The summed E-state index contributed by atoms with van der Waals surface area (Å²) in [7, 11) is 0. The van der Waals surface area contributed by atoms with Crippen LogP contribution >= 0.6 is 11.8 Å². The average Bonchev–Trinajstić information content (AvgIpc) is 3.08. The number of carbonyl (C=O) groups is 2. The highest BCUT2D eigenvalue weighted by Crippen LogP contribution is 2.33. The van der Waals surface area contributed by atoms with E-state index in [9.17, 15) is 14.0 Å². The van der Waals surface area contributed by atoms with Gasteiger partial charge in [0.15, 0.2) is 0 Å². The number of benzene rings is 1. The maximum Gasteiger partial charge on any atom is 0.290 e. The summed E-state index contributed by atoms with van der Waals surface area (Å²) < 4.78 is 19.6. The highest BCUT2D eigenvalue weighted by molar-refractivity contribution is 8.18. The van der Waals surface area contributed by atoms with Gasteiger partial charge in [-0.05, 0) is 48.0 Å². The van der Waals surface area contributed by atoms with E-state index in [2.05, 4.69) is 10.3 Å². The molecule has 2 aromatic heterocycles. The lowest BCUT2D eigenvalue weighted by Crippen LogP contribution is -2.17. The highest BCUT2D eigenvalue weighted by Gasteiger charge is 2.25. The number of fused-ring (bicyclic) bond motifs is 1. The molecule has 4 rings (SSSR count). The zero-order chi connectivity index (χ0) is 17.6. The molecule has 1 aromatic carbocycles. The van der Waals surface area contributed by atoms with E-state index in [1.807, 2.05) is 13.0 Å². The molecule has 7 heteroatoms. The van der Waals surface area contributed by atoms with Gasteiger partial charge in [-0.15, -0.1) is 0 Å². The molecule has 25 heavy (non-hydrogen) atoms. The van der Waals surface area contributed by atoms with E-state index in [1.54, 1.807) is 18.5 Å². The fourth-order valence-corrected chi connectivity index (χ4v) is 3.36. The molecule has 0 bridgehead atoms. The summed E-state index contributed by atoms with van der Waals surface area (Å²) in [6, 6.07) is 6.44. The predicted octanol–water partition coefficient (Wildman–Crippen LogP) is 4.27. The average molecular weight is 354 g/mol. The van der Waals surface area contributed by atoms with Crippen LogP contribution in [0.5, 0.6) is 0 Å². The summed E-state index contributed by atoms with van der Waals surface area (Å²) >= 11 is 0.819. The molecule has 1 saturated heterocycles. The second-order valence-electron chi connectivity index (χ2n) is 5.62. The Kier molecular flexibility index (Phi) is 3.65. The summed E-state index contributed by atoms with van der Waals surface area (Å²) in [5.41, 5.74) is 2.65. The first-order chi connectivity index (χ1) is 12.0. The Morgan fingerprint density at radius 3 is 2.76 bits per heavy atom. The third kappa shape index (κ3) is 2.94. The van der Waals surface area contributed by atoms with E-state index in [1.165, 1.54) is 18.2 Å². The summed E-state index contributed by atoms with van der Waals surface area (Å²) in [4.78, 5) is 27.3. The van der Waals surface area contributed by atoms with Gasteiger partial charge in [-0.25, -0.2) is 4.39 Å². The van der Waals surface area contributed by atoms with Crippen molar-refractivity contribution >= 4 is 40.0 Å². The Morgan fingerprint density at radius 2 is 2.04 bits per heavy atom. The van der Waals surface area contributed by atoms with Gasteiger partial charge in [0.2, 0.25) is 0 Å². The number of aromatic nitrogens is 1. The van der Waals surface area contributed by atoms with Gasteiger partial charge < -0.3 is 4.42 Å². The minimum atomic E-state index is -0.449. The first-order valence-corrected chi connectivity index (χ1v) is 8.21. The van der Waals surface area contributed by atoms with Crippen molar-refractivity contribution in [2.75, 3.05) is 0 Å². The van der Waals surface area contributed by atoms with Crippen molar-refractivity contribution < 1.29 is 18.4 Å². The Balaban J connectivity index is 1.83. The molecule has 3 aromatic rings. The smallest absolute Gasteiger partial charge is 0.290 e. The van der Waals surface area contributed by atoms with E-state index in [-0.39, 0.29) is 10.7 Å².